The van der Waals surface area contributed by atoms with Gasteiger partial charge in [-0.2, -0.15) is 9.40 Å². The van der Waals surface area contributed by atoms with Gasteiger partial charge in [-0.3, -0.25) is 4.68 Å². The first-order chi connectivity index (χ1) is 10.8. The number of aliphatic hydroxyl groups is 1. The Labute approximate surface area is 132 Å². The van der Waals surface area contributed by atoms with E-state index in [9.17, 15) is 22.3 Å². The van der Waals surface area contributed by atoms with Gasteiger partial charge in [-0.05, 0) is 24.6 Å². The molecule has 9 heteroatoms. The van der Waals surface area contributed by atoms with E-state index in [0.29, 0.717) is 0 Å². The van der Waals surface area contributed by atoms with Crippen LogP contribution >= 0.6 is 0 Å². The third kappa shape index (κ3) is 2.87. The standard InChI is InChI=1S/C14H15F2N3O3S/c1-18-8-11(6-17-18)23(21,22)19-7-10(20)5-14(19)12-4-9(15)2-3-13(12)16/h2-4,6,8,10,14,20H,5,7H2,1H3/t10-,14-/m0/s1. The fourth-order valence-electron chi connectivity index (χ4n) is 2.77. The Hall–Kier alpha value is -1.84. The van der Waals surface area contributed by atoms with Crippen LogP contribution < -0.4 is 0 Å². The summed E-state index contributed by atoms with van der Waals surface area (Å²) in [5, 5.41) is 13.7. The number of nitrogens with zero attached hydrogens (tertiary/aromatic N) is 3. The van der Waals surface area contributed by atoms with Crippen LogP contribution in [0, 0.1) is 11.6 Å². The molecule has 1 aliphatic heterocycles. The maximum Gasteiger partial charge on any atom is 0.246 e. The number of halogens is 2. The van der Waals surface area contributed by atoms with Gasteiger partial charge >= 0.3 is 0 Å². The maximum absolute atomic E-state index is 14.0. The van der Waals surface area contributed by atoms with Crippen LogP contribution in [0.4, 0.5) is 8.78 Å². The summed E-state index contributed by atoms with van der Waals surface area (Å²) in [5.41, 5.74) is -0.0889. The number of benzene rings is 1. The number of β-amino-alcohol motifs (C(OH)–C–C–N with tert-alkyl or cyclic N) is 1. The molecule has 1 aliphatic rings. The van der Waals surface area contributed by atoms with Crippen molar-refractivity contribution < 1.29 is 22.3 Å². The lowest BCUT2D eigenvalue weighted by Crippen LogP contribution is -2.32. The highest BCUT2D eigenvalue weighted by Gasteiger charge is 2.42. The first kappa shape index (κ1) is 16.0. The zero-order chi connectivity index (χ0) is 16.8. The largest absolute Gasteiger partial charge is 0.392 e. The smallest absolute Gasteiger partial charge is 0.246 e. The summed E-state index contributed by atoms with van der Waals surface area (Å²) >= 11 is 0. The Morgan fingerprint density at radius 2 is 2.09 bits per heavy atom. The number of aliphatic hydroxyl groups excluding tert-OH is 1. The number of rotatable bonds is 3. The molecule has 0 bridgehead atoms. The third-order valence-corrected chi connectivity index (χ3v) is 5.67. The number of aryl methyl sites for hydroxylation is 1. The summed E-state index contributed by atoms with van der Waals surface area (Å²) in [6, 6.07) is 1.91. The van der Waals surface area contributed by atoms with Gasteiger partial charge in [0.25, 0.3) is 0 Å². The van der Waals surface area contributed by atoms with E-state index < -0.39 is 33.8 Å². The summed E-state index contributed by atoms with van der Waals surface area (Å²) in [6.45, 7) is -0.183. The minimum Gasteiger partial charge on any atom is -0.392 e. The molecule has 0 aliphatic carbocycles. The van der Waals surface area contributed by atoms with Crippen molar-refractivity contribution in [3.63, 3.8) is 0 Å². The highest BCUT2D eigenvalue weighted by atomic mass is 32.2. The molecular weight excluding hydrogens is 328 g/mol. The molecule has 6 nitrogen and oxygen atoms in total. The topological polar surface area (TPSA) is 75.4 Å². The van der Waals surface area contributed by atoms with Gasteiger partial charge in [0.2, 0.25) is 10.0 Å². The minimum atomic E-state index is -3.98. The average Bonchev–Trinajstić information content (AvgIpc) is 3.08. The monoisotopic (exact) mass is 343 g/mol. The van der Waals surface area contributed by atoms with Crippen molar-refractivity contribution in [3.05, 3.63) is 47.8 Å². The number of aromatic nitrogens is 2. The van der Waals surface area contributed by atoms with E-state index in [4.69, 9.17) is 0 Å². The van der Waals surface area contributed by atoms with Crippen molar-refractivity contribution in [1.29, 1.82) is 0 Å². The van der Waals surface area contributed by atoms with Gasteiger partial charge in [0.15, 0.2) is 0 Å². The molecule has 0 unspecified atom stereocenters. The molecule has 2 aromatic rings. The maximum atomic E-state index is 14.0. The summed E-state index contributed by atoms with van der Waals surface area (Å²) in [7, 11) is -2.41. The summed E-state index contributed by atoms with van der Waals surface area (Å²) in [6.07, 6.45) is 1.55. The van der Waals surface area contributed by atoms with Crippen LogP contribution in [0.3, 0.4) is 0 Å². The van der Waals surface area contributed by atoms with E-state index >= 15 is 0 Å². The van der Waals surface area contributed by atoms with Crippen LogP contribution in [0.25, 0.3) is 0 Å². The zero-order valence-corrected chi connectivity index (χ0v) is 13.0. The molecule has 1 N–H and O–H groups in total. The van der Waals surface area contributed by atoms with Crippen LogP contribution in [0.5, 0.6) is 0 Å². The Morgan fingerprint density at radius 1 is 1.35 bits per heavy atom. The fourth-order valence-corrected chi connectivity index (χ4v) is 4.41. The lowest BCUT2D eigenvalue weighted by Gasteiger charge is -2.23. The number of hydrogen-bond donors (Lipinski definition) is 1. The predicted molar refractivity (Wildman–Crippen MR) is 76.8 cm³/mol. The van der Waals surface area contributed by atoms with Gasteiger partial charge in [0.1, 0.15) is 16.5 Å². The molecule has 2 atom stereocenters. The lowest BCUT2D eigenvalue weighted by molar-refractivity contribution is 0.188. The van der Waals surface area contributed by atoms with Crippen molar-refractivity contribution in [2.24, 2.45) is 7.05 Å². The van der Waals surface area contributed by atoms with E-state index in [1.165, 1.54) is 17.1 Å². The highest BCUT2D eigenvalue weighted by molar-refractivity contribution is 7.89. The van der Waals surface area contributed by atoms with Crippen LogP contribution in [-0.2, 0) is 17.1 Å². The SMILES string of the molecule is Cn1cc(S(=O)(=O)N2C[C@@H](O)C[C@H]2c2cc(F)ccc2F)cn1. The summed E-state index contributed by atoms with van der Waals surface area (Å²) < 4.78 is 55.2. The summed E-state index contributed by atoms with van der Waals surface area (Å²) in [5.74, 6) is -1.38. The fraction of sp³-hybridized carbons (Fsp3) is 0.357. The van der Waals surface area contributed by atoms with Crippen molar-refractivity contribution in [2.75, 3.05) is 6.54 Å². The van der Waals surface area contributed by atoms with E-state index in [1.54, 1.807) is 7.05 Å². The first-order valence-corrected chi connectivity index (χ1v) is 8.36. The molecule has 2 heterocycles. The Kier molecular flexibility index (Phi) is 3.95. The normalized spacial score (nSPS) is 22.6. The van der Waals surface area contributed by atoms with E-state index in [-0.39, 0.29) is 23.4 Å². The molecule has 124 valence electrons. The van der Waals surface area contributed by atoms with Crippen LogP contribution in [-0.4, -0.2) is 40.3 Å². The van der Waals surface area contributed by atoms with E-state index in [0.717, 1.165) is 22.5 Å². The Bertz CT molecular complexity index is 838. The second-order valence-corrected chi connectivity index (χ2v) is 7.39. The molecule has 3 rings (SSSR count). The predicted octanol–water partition coefficient (Wildman–Crippen LogP) is 1.19. The second kappa shape index (κ2) is 5.66. The Balaban J connectivity index is 2.05. The molecule has 1 aromatic carbocycles. The van der Waals surface area contributed by atoms with Crippen molar-refractivity contribution in [2.45, 2.75) is 23.5 Å². The number of sulfonamides is 1. The second-order valence-electron chi connectivity index (χ2n) is 5.50. The molecule has 1 saturated heterocycles. The molecule has 0 amide bonds. The Morgan fingerprint density at radius 3 is 2.74 bits per heavy atom. The lowest BCUT2D eigenvalue weighted by atomic mass is 10.0. The highest BCUT2D eigenvalue weighted by Crippen LogP contribution is 2.37. The molecule has 1 aromatic heterocycles. The summed E-state index contributed by atoms with van der Waals surface area (Å²) in [4.78, 5) is -0.0593. The first-order valence-electron chi connectivity index (χ1n) is 6.92. The van der Waals surface area contributed by atoms with Crippen LogP contribution in [0.1, 0.15) is 18.0 Å². The van der Waals surface area contributed by atoms with Crippen LogP contribution in [0.15, 0.2) is 35.5 Å². The molecule has 23 heavy (non-hydrogen) atoms. The molecular formula is C14H15F2N3O3S. The van der Waals surface area contributed by atoms with Crippen molar-refractivity contribution >= 4 is 10.0 Å². The molecule has 0 saturated carbocycles. The third-order valence-electron chi connectivity index (χ3n) is 3.84. The van der Waals surface area contributed by atoms with Gasteiger partial charge in [0.05, 0.1) is 18.3 Å². The zero-order valence-electron chi connectivity index (χ0n) is 12.2. The van der Waals surface area contributed by atoms with Crippen molar-refractivity contribution in [3.8, 4) is 0 Å². The van der Waals surface area contributed by atoms with Gasteiger partial charge in [-0.1, -0.05) is 0 Å². The quantitative estimate of drug-likeness (QED) is 0.909. The molecule has 0 radical (unpaired) electrons. The van der Waals surface area contributed by atoms with Gasteiger partial charge in [0, 0.05) is 25.4 Å². The van der Waals surface area contributed by atoms with Crippen molar-refractivity contribution in [1.82, 2.24) is 14.1 Å². The number of hydrogen-bond acceptors (Lipinski definition) is 4. The van der Waals surface area contributed by atoms with E-state index in [1.807, 2.05) is 0 Å². The van der Waals surface area contributed by atoms with Gasteiger partial charge in [-0.15, -0.1) is 0 Å². The molecule has 1 fully saturated rings. The van der Waals surface area contributed by atoms with E-state index in [2.05, 4.69) is 5.10 Å². The van der Waals surface area contributed by atoms with Gasteiger partial charge in [-0.25, -0.2) is 17.2 Å². The average molecular weight is 343 g/mol. The van der Waals surface area contributed by atoms with Gasteiger partial charge < -0.3 is 5.11 Å². The van der Waals surface area contributed by atoms with Crippen LogP contribution in [0.2, 0.25) is 0 Å². The minimum absolute atomic E-state index is 0.000133. The molecule has 0 spiro atoms.